The first-order valence-electron chi connectivity index (χ1n) is 12.6. The number of carbonyl (C=O) groups excluding carboxylic acids is 1. The van der Waals surface area contributed by atoms with E-state index in [9.17, 15) is 4.79 Å². The number of hydrazine groups is 1. The average Bonchev–Trinajstić information content (AvgIpc) is 3.08. The van der Waals surface area contributed by atoms with Gasteiger partial charge in [-0.1, -0.05) is 60.1 Å². The van der Waals surface area contributed by atoms with Crippen molar-refractivity contribution in [1.82, 2.24) is 21.0 Å². The number of aryl methyl sites for hydroxylation is 2. The number of amides is 1. The van der Waals surface area contributed by atoms with E-state index in [2.05, 4.69) is 62.9 Å². The molecule has 0 atom stereocenters. The van der Waals surface area contributed by atoms with E-state index in [-0.39, 0.29) is 23.5 Å². The summed E-state index contributed by atoms with van der Waals surface area (Å²) in [5.74, 6) is 0.0155. The van der Waals surface area contributed by atoms with Gasteiger partial charge in [-0.15, -0.1) is 0 Å². The Morgan fingerprint density at radius 1 is 1.05 bits per heavy atom. The van der Waals surface area contributed by atoms with Gasteiger partial charge in [0.25, 0.3) is 5.91 Å². The standard InChI is InChI=1S/C28H32ClN5O3S/c1-3-36-24(37-4-2)17-31-27(35)20-15-23(29)26(30-16-20)33-34-28(38)32-25-21-11-7-5-9-18(21)13-14-19-10-6-8-12-22(19)25/h5-12,15-16,24-25H,3-4,13-14,17H2,1-2H3,(H,30,33)(H,31,35)(H2,32,34,38). The zero-order valence-electron chi connectivity index (χ0n) is 21.4. The lowest BCUT2D eigenvalue weighted by Gasteiger charge is -2.24. The van der Waals surface area contributed by atoms with Crippen LogP contribution in [0.15, 0.2) is 60.8 Å². The summed E-state index contributed by atoms with van der Waals surface area (Å²) in [4.78, 5) is 16.8. The number of fused-ring (bicyclic) bond motifs is 2. The fourth-order valence-electron chi connectivity index (χ4n) is 4.43. The number of pyridine rings is 1. The van der Waals surface area contributed by atoms with Crippen molar-refractivity contribution in [1.29, 1.82) is 0 Å². The van der Waals surface area contributed by atoms with Crippen LogP contribution in [0.1, 0.15) is 52.5 Å². The highest BCUT2D eigenvalue weighted by Gasteiger charge is 2.24. The molecule has 0 spiro atoms. The van der Waals surface area contributed by atoms with Gasteiger partial charge in [-0.2, -0.15) is 0 Å². The normalized spacial score (nSPS) is 12.7. The van der Waals surface area contributed by atoms with Gasteiger partial charge in [-0.3, -0.25) is 15.6 Å². The van der Waals surface area contributed by atoms with Gasteiger partial charge in [0.05, 0.1) is 23.2 Å². The molecule has 38 heavy (non-hydrogen) atoms. The maximum Gasteiger partial charge on any atom is 0.253 e. The summed E-state index contributed by atoms with van der Waals surface area (Å²) in [6.45, 7) is 4.92. The summed E-state index contributed by atoms with van der Waals surface area (Å²) in [7, 11) is 0. The lowest BCUT2D eigenvalue weighted by atomic mass is 9.95. The molecule has 1 heterocycles. The Morgan fingerprint density at radius 2 is 1.66 bits per heavy atom. The molecule has 4 N–H and O–H groups in total. The van der Waals surface area contributed by atoms with Crippen molar-refractivity contribution in [3.05, 3.63) is 93.6 Å². The Labute approximate surface area is 233 Å². The zero-order chi connectivity index (χ0) is 26.9. The molecular weight excluding hydrogens is 522 g/mol. The first-order chi connectivity index (χ1) is 18.5. The Bertz CT molecular complexity index is 1220. The molecule has 8 nitrogen and oxygen atoms in total. The summed E-state index contributed by atoms with van der Waals surface area (Å²) < 4.78 is 10.9. The molecule has 0 bridgehead atoms. The predicted octanol–water partition coefficient (Wildman–Crippen LogP) is 4.54. The van der Waals surface area contributed by atoms with Crippen LogP contribution in [0.2, 0.25) is 5.02 Å². The van der Waals surface area contributed by atoms with Crippen molar-refractivity contribution in [3.63, 3.8) is 0 Å². The third-order valence-corrected chi connectivity index (χ3v) is 6.71. The number of halogens is 1. The van der Waals surface area contributed by atoms with Crippen LogP contribution in [0.4, 0.5) is 5.82 Å². The number of nitrogens with zero attached hydrogens (tertiary/aromatic N) is 1. The topological polar surface area (TPSA) is 96.5 Å². The largest absolute Gasteiger partial charge is 0.351 e. The van der Waals surface area contributed by atoms with Gasteiger partial charge in [0.1, 0.15) is 0 Å². The second kappa shape index (κ2) is 13.5. The molecule has 3 aromatic rings. The minimum Gasteiger partial charge on any atom is -0.351 e. The van der Waals surface area contributed by atoms with Gasteiger partial charge in [-0.25, -0.2) is 4.98 Å². The minimum atomic E-state index is -0.511. The molecule has 200 valence electrons. The monoisotopic (exact) mass is 553 g/mol. The first-order valence-corrected chi connectivity index (χ1v) is 13.4. The van der Waals surface area contributed by atoms with E-state index >= 15 is 0 Å². The lowest BCUT2D eigenvalue weighted by Crippen LogP contribution is -2.41. The van der Waals surface area contributed by atoms with Crippen LogP contribution in [0, 0.1) is 0 Å². The number of ether oxygens (including phenoxy) is 2. The average molecular weight is 554 g/mol. The number of benzene rings is 2. The van der Waals surface area contributed by atoms with Crippen molar-refractivity contribution >= 4 is 40.7 Å². The van der Waals surface area contributed by atoms with Crippen LogP contribution in [-0.4, -0.2) is 42.1 Å². The van der Waals surface area contributed by atoms with E-state index in [1.54, 1.807) is 6.07 Å². The van der Waals surface area contributed by atoms with Crippen molar-refractivity contribution in [2.45, 2.75) is 39.0 Å². The summed E-state index contributed by atoms with van der Waals surface area (Å²) in [5, 5.41) is 6.87. The highest BCUT2D eigenvalue weighted by molar-refractivity contribution is 7.80. The summed E-state index contributed by atoms with van der Waals surface area (Å²) >= 11 is 12.0. The number of nitrogens with one attached hydrogen (secondary N) is 4. The minimum absolute atomic E-state index is 0.0987. The van der Waals surface area contributed by atoms with Gasteiger partial charge in [0.15, 0.2) is 17.2 Å². The second-order valence-corrected chi connectivity index (χ2v) is 9.47. The molecule has 0 fully saturated rings. The van der Waals surface area contributed by atoms with Crippen LogP contribution in [0.25, 0.3) is 0 Å². The lowest BCUT2D eigenvalue weighted by molar-refractivity contribution is -0.131. The fraction of sp³-hybridized carbons (Fsp3) is 0.321. The molecule has 10 heteroatoms. The number of hydrogen-bond acceptors (Lipinski definition) is 6. The Hall–Kier alpha value is -3.24. The number of thiocarbonyl (C=S) groups is 1. The van der Waals surface area contributed by atoms with E-state index in [4.69, 9.17) is 33.3 Å². The molecule has 2 aromatic carbocycles. The fourth-order valence-corrected chi connectivity index (χ4v) is 4.81. The van der Waals surface area contributed by atoms with Crippen LogP contribution in [0.3, 0.4) is 0 Å². The Balaban J connectivity index is 1.38. The maximum atomic E-state index is 12.6. The van der Waals surface area contributed by atoms with Crippen LogP contribution >= 0.6 is 23.8 Å². The van der Waals surface area contributed by atoms with Crippen LogP contribution in [-0.2, 0) is 22.3 Å². The Morgan fingerprint density at radius 3 is 2.24 bits per heavy atom. The molecule has 1 aliphatic rings. The first kappa shape index (κ1) is 27.8. The summed E-state index contributed by atoms with van der Waals surface area (Å²) in [5.41, 5.74) is 11.2. The van der Waals surface area contributed by atoms with Crippen molar-refractivity contribution < 1.29 is 14.3 Å². The third kappa shape index (κ3) is 6.99. The van der Waals surface area contributed by atoms with E-state index in [1.165, 1.54) is 28.5 Å². The molecule has 1 aromatic heterocycles. The number of carbonyl (C=O) groups is 1. The van der Waals surface area contributed by atoms with Crippen molar-refractivity contribution in [2.24, 2.45) is 0 Å². The van der Waals surface area contributed by atoms with Gasteiger partial charge in [0, 0.05) is 19.4 Å². The van der Waals surface area contributed by atoms with Gasteiger partial charge in [0.2, 0.25) is 0 Å². The van der Waals surface area contributed by atoms with Crippen LogP contribution < -0.4 is 21.5 Å². The summed E-state index contributed by atoms with van der Waals surface area (Å²) in [6.07, 6.45) is 2.88. The molecular formula is C28H32ClN5O3S. The molecule has 0 unspecified atom stereocenters. The third-order valence-electron chi connectivity index (χ3n) is 6.20. The van der Waals surface area contributed by atoms with E-state index in [0.717, 1.165) is 12.8 Å². The maximum absolute atomic E-state index is 12.6. The van der Waals surface area contributed by atoms with Gasteiger partial charge < -0.3 is 20.1 Å². The zero-order valence-corrected chi connectivity index (χ0v) is 23.0. The molecule has 0 radical (unpaired) electrons. The molecule has 4 rings (SSSR count). The quantitative estimate of drug-likeness (QED) is 0.165. The number of aromatic nitrogens is 1. The predicted molar refractivity (Wildman–Crippen MR) is 153 cm³/mol. The van der Waals surface area contributed by atoms with Gasteiger partial charge in [-0.05, 0) is 67.2 Å². The second-order valence-electron chi connectivity index (χ2n) is 8.66. The summed E-state index contributed by atoms with van der Waals surface area (Å²) in [6, 6.07) is 18.3. The highest BCUT2D eigenvalue weighted by Crippen LogP contribution is 2.32. The number of anilines is 1. The highest BCUT2D eigenvalue weighted by atomic mass is 35.5. The molecule has 0 saturated heterocycles. The number of rotatable bonds is 10. The smallest absolute Gasteiger partial charge is 0.253 e. The van der Waals surface area contributed by atoms with Crippen LogP contribution in [0.5, 0.6) is 0 Å². The molecule has 0 saturated carbocycles. The number of hydrogen-bond donors (Lipinski definition) is 4. The van der Waals surface area contributed by atoms with Crippen molar-refractivity contribution in [2.75, 3.05) is 25.2 Å². The molecule has 1 amide bonds. The van der Waals surface area contributed by atoms with Gasteiger partial charge >= 0.3 is 0 Å². The van der Waals surface area contributed by atoms with Crippen molar-refractivity contribution in [3.8, 4) is 0 Å². The van der Waals surface area contributed by atoms with E-state index in [1.807, 2.05) is 26.0 Å². The van der Waals surface area contributed by atoms with E-state index < -0.39 is 6.29 Å². The Kier molecular flexibility index (Phi) is 9.89. The SMILES string of the molecule is CCOC(CNC(=O)c1cnc(NNC(=S)NC2c3ccccc3CCc3ccccc32)c(Cl)c1)OCC. The molecule has 0 aliphatic heterocycles. The van der Waals surface area contributed by atoms with E-state index in [0.29, 0.717) is 29.7 Å². The molecule has 1 aliphatic carbocycles.